The van der Waals surface area contributed by atoms with Gasteiger partial charge in [-0.05, 0) is 37.3 Å². The molecule has 0 aromatic heterocycles. The zero-order chi connectivity index (χ0) is 15.9. The van der Waals surface area contributed by atoms with E-state index in [0.717, 1.165) is 19.3 Å². The molecule has 0 radical (unpaired) electrons. The lowest BCUT2D eigenvalue weighted by Crippen LogP contribution is -2.40. The van der Waals surface area contributed by atoms with Gasteiger partial charge in [0.1, 0.15) is 0 Å². The average Bonchev–Trinajstić information content (AvgIpc) is 2.52. The summed E-state index contributed by atoms with van der Waals surface area (Å²) in [6.07, 6.45) is 2.90. The Morgan fingerprint density at radius 1 is 1.36 bits per heavy atom. The molecule has 4 heteroatoms. The van der Waals surface area contributed by atoms with E-state index in [9.17, 15) is 9.90 Å². The third-order valence-electron chi connectivity index (χ3n) is 4.50. The van der Waals surface area contributed by atoms with Crippen molar-refractivity contribution in [1.82, 2.24) is 4.90 Å². The monoisotopic (exact) mass is 305 g/mol. The van der Waals surface area contributed by atoms with E-state index < -0.39 is 0 Å². The molecule has 2 rings (SSSR count). The van der Waals surface area contributed by atoms with Gasteiger partial charge in [0, 0.05) is 26.1 Å². The first-order chi connectivity index (χ1) is 10.6. The van der Waals surface area contributed by atoms with E-state index in [2.05, 4.69) is 19.1 Å². The molecule has 1 aliphatic rings. The first-order valence-corrected chi connectivity index (χ1v) is 8.12. The molecule has 0 aliphatic heterocycles. The number of hydrogen-bond acceptors (Lipinski definition) is 3. The van der Waals surface area contributed by atoms with Crippen LogP contribution in [-0.2, 0) is 16.1 Å². The number of carbonyl (C=O) groups is 1. The lowest BCUT2D eigenvalue weighted by molar-refractivity contribution is -0.139. The van der Waals surface area contributed by atoms with Gasteiger partial charge in [0.05, 0.1) is 12.7 Å². The number of amides is 1. The third kappa shape index (κ3) is 4.55. The Morgan fingerprint density at radius 3 is 2.82 bits per heavy atom. The molecule has 22 heavy (non-hydrogen) atoms. The van der Waals surface area contributed by atoms with Crippen molar-refractivity contribution < 1.29 is 14.6 Å². The minimum Gasteiger partial charge on any atom is -0.393 e. The summed E-state index contributed by atoms with van der Waals surface area (Å²) in [5.74, 6) is 0.101. The van der Waals surface area contributed by atoms with Crippen LogP contribution in [0.2, 0.25) is 0 Å². The second kappa shape index (κ2) is 8.30. The van der Waals surface area contributed by atoms with E-state index in [-0.39, 0.29) is 17.9 Å². The van der Waals surface area contributed by atoms with Crippen molar-refractivity contribution in [3.8, 4) is 0 Å². The number of aliphatic hydroxyl groups excluding tert-OH is 1. The molecule has 1 aliphatic carbocycles. The number of ether oxygens (including phenoxy) is 1. The highest BCUT2D eigenvalue weighted by Gasteiger charge is 2.29. The maximum Gasteiger partial charge on any atom is 0.226 e. The molecule has 1 amide bonds. The van der Waals surface area contributed by atoms with Crippen LogP contribution in [-0.4, -0.2) is 42.3 Å². The van der Waals surface area contributed by atoms with Gasteiger partial charge in [-0.1, -0.05) is 30.7 Å². The van der Waals surface area contributed by atoms with Crippen molar-refractivity contribution in [2.24, 2.45) is 5.92 Å². The molecular formula is C18H27NO3. The molecule has 122 valence electrons. The molecule has 1 aromatic carbocycles. The Kier molecular flexibility index (Phi) is 6.40. The Morgan fingerprint density at radius 2 is 2.14 bits per heavy atom. The first kappa shape index (κ1) is 17.0. The Labute approximate surface area is 133 Å². The zero-order valence-electron chi connectivity index (χ0n) is 13.6. The fraction of sp³-hybridized carbons (Fsp3) is 0.611. The van der Waals surface area contributed by atoms with E-state index in [1.54, 1.807) is 7.11 Å². The minimum absolute atomic E-state index is 0.0513. The van der Waals surface area contributed by atoms with Crippen molar-refractivity contribution in [3.05, 3.63) is 35.4 Å². The highest BCUT2D eigenvalue weighted by molar-refractivity contribution is 5.79. The minimum atomic E-state index is -0.328. The molecule has 1 fully saturated rings. The highest BCUT2D eigenvalue weighted by atomic mass is 16.5. The molecule has 0 bridgehead atoms. The largest absolute Gasteiger partial charge is 0.393 e. The number of methoxy groups -OCH3 is 1. The first-order valence-electron chi connectivity index (χ1n) is 8.12. The molecule has 0 unspecified atom stereocenters. The summed E-state index contributed by atoms with van der Waals surface area (Å²) in [5, 5.41) is 9.82. The van der Waals surface area contributed by atoms with Crippen LogP contribution in [0.15, 0.2) is 24.3 Å². The summed E-state index contributed by atoms with van der Waals surface area (Å²) in [7, 11) is 1.65. The van der Waals surface area contributed by atoms with Gasteiger partial charge < -0.3 is 14.7 Å². The number of carbonyl (C=O) groups excluding carboxylic acids is 1. The summed E-state index contributed by atoms with van der Waals surface area (Å²) >= 11 is 0. The van der Waals surface area contributed by atoms with Crippen LogP contribution in [0.1, 0.15) is 36.8 Å². The fourth-order valence-corrected chi connectivity index (χ4v) is 3.11. The molecule has 1 saturated carbocycles. The standard InChI is InChI=1S/C18H27NO3/c1-14-6-3-4-7-16(14)13-19(10-11-22-2)18(21)15-8-5-9-17(20)12-15/h3-4,6-7,15,17,20H,5,8-13H2,1-2H3/t15-,17-/m0/s1. The van der Waals surface area contributed by atoms with Gasteiger partial charge in [0.15, 0.2) is 0 Å². The molecule has 0 spiro atoms. The number of benzene rings is 1. The summed E-state index contributed by atoms with van der Waals surface area (Å²) in [6.45, 7) is 3.81. The number of nitrogens with zero attached hydrogens (tertiary/aromatic N) is 1. The van der Waals surface area contributed by atoms with Crippen LogP contribution >= 0.6 is 0 Å². The molecular weight excluding hydrogens is 278 g/mol. The van der Waals surface area contributed by atoms with Crippen LogP contribution in [0.5, 0.6) is 0 Å². The van der Waals surface area contributed by atoms with Crippen molar-refractivity contribution in [2.75, 3.05) is 20.3 Å². The number of rotatable bonds is 6. The van der Waals surface area contributed by atoms with Gasteiger partial charge in [-0.2, -0.15) is 0 Å². The number of aryl methyl sites for hydroxylation is 1. The number of hydrogen-bond donors (Lipinski definition) is 1. The van der Waals surface area contributed by atoms with E-state index >= 15 is 0 Å². The predicted octanol–water partition coefficient (Wildman–Crippen LogP) is 2.52. The third-order valence-corrected chi connectivity index (χ3v) is 4.50. The Balaban J connectivity index is 2.07. The Hall–Kier alpha value is -1.39. The van der Waals surface area contributed by atoms with Gasteiger partial charge in [-0.25, -0.2) is 0 Å². The van der Waals surface area contributed by atoms with Crippen molar-refractivity contribution >= 4 is 5.91 Å². The predicted molar refractivity (Wildman–Crippen MR) is 86.4 cm³/mol. The fourth-order valence-electron chi connectivity index (χ4n) is 3.11. The SMILES string of the molecule is COCCN(Cc1ccccc1C)C(=O)[C@H]1CCC[C@H](O)C1. The maximum atomic E-state index is 12.8. The lowest BCUT2D eigenvalue weighted by atomic mass is 9.86. The molecule has 0 saturated heterocycles. The van der Waals surface area contributed by atoms with Crippen LogP contribution in [0.25, 0.3) is 0 Å². The smallest absolute Gasteiger partial charge is 0.226 e. The maximum absolute atomic E-state index is 12.8. The highest BCUT2D eigenvalue weighted by Crippen LogP contribution is 2.26. The van der Waals surface area contributed by atoms with Gasteiger partial charge in [-0.3, -0.25) is 4.79 Å². The summed E-state index contributed by atoms with van der Waals surface area (Å²) in [5.41, 5.74) is 2.37. The van der Waals surface area contributed by atoms with Crippen LogP contribution in [0, 0.1) is 12.8 Å². The van der Waals surface area contributed by atoms with E-state index in [0.29, 0.717) is 26.1 Å². The molecule has 2 atom stereocenters. The summed E-state index contributed by atoms with van der Waals surface area (Å²) in [6, 6.07) is 8.15. The van der Waals surface area contributed by atoms with Crippen LogP contribution in [0.4, 0.5) is 0 Å². The summed E-state index contributed by atoms with van der Waals surface area (Å²) in [4.78, 5) is 14.7. The Bertz CT molecular complexity index is 489. The van der Waals surface area contributed by atoms with E-state index in [4.69, 9.17) is 4.74 Å². The van der Waals surface area contributed by atoms with Gasteiger partial charge in [0.25, 0.3) is 0 Å². The van der Waals surface area contributed by atoms with Crippen LogP contribution < -0.4 is 0 Å². The van der Waals surface area contributed by atoms with Gasteiger partial charge >= 0.3 is 0 Å². The van der Waals surface area contributed by atoms with Crippen molar-refractivity contribution in [2.45, 2.75) is 45.3 Å². The second-order valence-corrected chi connectivity index (χ2v) is 6.20. The van der Waals surface area contributed by atoms with Crippen molar-refractivity contribution in [3.63, 3.8) is 0 Å². The quantitative estimate of drug-likeness (QED) is 0.878. The number of aliphatic hydroxyl groups is 1. The van der Waals surface area contributed by atoms with Crippen LogP contribution in [0.3, 0.4) is 0 Å². The van der Waals surface area contributed by atoms with E-state index in [1.807, 2.05) is 17.0 Å². The van der Waals surface area contributed by atoms with Gasteiger partial charge in [-0.15, -0.1) is 0 Å². The van der Waals surface area contributed by atoms with E-state index in [1.165, 1.54) is 11.1 Å². The summed E-state index contributed by atoms with van der Waals surface area (Å²) < 4.78 is 5.16. The second-order valence-electron chi connectivity index (χ2n) is 6.20. The molecule has 0 heterocycles. The molecule has 4 nitrogen and oxygen atoms in total. The van der Waals surface area contributed by atoms with Crippen molar-refractivity contribution in [1.29, 1.82) is 0 Å². The lowest BCUT2D eigenvalue weighted by Gasteiger charge is -2.31. The normalized spacial score (nSPS) is 21.6. The van der Waals surface area contributed by atoms with Gasteiger partial charge in [0.2, 0.25) is 5.91 Å². The zero-order valence-corrected chi connectivity index (χ0v) is 13.6. The topological polar surface area (TPSA) is 49.8 Å². The average molecular weight is 305 g/mol. The molecule has 1 aromatic rings. The molecule has 1 N–H and O–H groups in total.